The van der Waals surface area contributed by atoms with Gasteiger partial charge in [0.1, 0.15) is 0 Å². The Balaban J connectivity index is 0.00000225. The van der Waals surface area contributed by atoms with Crippen LogP contribution < -0.4 is 10.6 Å². The van der Waals surface area contributed by atoms with Gasteiger partial charge in [0.2, 0.25) is 5.91 Å². The van der Waals surface area contributed by atoms with Gasteiger partial charge in [-0.1, -0.05) is 16.8 Å². The third kappa shape index (κ3) is 4.65. The second kappa shape index (κ2) is 7.63. The summed E-state index contributed by atoms with van der Waals surface area (Å²) in [4.78, 5) is 16.2. The molecule has 0 saturated carbocycles. The number of nitrogens with one attached hydrogen (secondary N) is 2. The zero-order chi connectivity index (χ0) is 17.3. The molecule has 25 heavy (non-hydrogen) atoms. The van der Waals surface area contributed by atoms with Gasteiger partial charge in [-0.3, -0.25) is 10.1 Å². The number of nitrogens with zero attached hydrogens (tertiary/aromatic N) is 2. The van der Waals surface area contributed by atoms with Crippen LogP contribution in [0.5, 0.6) is 0 Å². The third-order valence-corrected chi connectivity index (χ3v) is 3.96. The van der Waals surface area contributed by atoms with E-state index in [1.54, 1.807) is 31.2 Å². The van der Waals surface area contributed by atoms with Crippen LogP contribution in [0.15, 0.2) is 28.8 Å². The Bertz CT molecular complexity index is 739. The first-order valence-electron chi connectivity index (χ1n) is 7.35. The Morgan fingerprint density at radius 2 is 2.12 bits per heavy atom. The van der Waals surface area contributed by atoms with Crippen LogP contribution in [-0.2, 0) is 4.79 Å². The Kier molecular flexibility index (Phi) is 5.97. The summed E-state index contributed by atoms with van der Waals surface area (Å²) in [5.74, 6) is -2.83. The average Bonchev–Trinajstić information content (AvgIpc) is 3.14. The first-order chi connectivity index (χ1) is 11.3. The van der Waals surface area contributed by atoms with Crippen molar-refractivity contribution in [2.75, 3.05) is 6.54 Å². The maximum atomic E-state index is 13.1. The molecule has 6 nitrogen and oxygen atoms in total. The van der Waals surface area contributed by atoms with E-state index in [1.807, 2.05) is 0 Å². The molecular formula is C15H16Cl2F2N4O2. The molecule has 10 heteroatoms. The van der Waals surface area contributed by atoms with Crippen LogP contribution in [0.2, 0.25) is 5.02 Å². The number of rotatable bonds is 4. The lowest BCUT2D eigenvalue weighted by Gasteiger charge is -2.14. The second-order valence-electron chi connectivity index (χ2n) is 5.69. The summed E-state index contributed by atoms with van der Waals surface area (Å²) < 4.78 is 31.4. The van der Waals surface area contributed by atoms with Crippen molar-refractivity contribution >= 4 is 29.9 Å². The first kappa shape index (κ1) is 19.6. The summed E-state index contributed by atoms with van der Waals surface area (Å²) in [7, 11) is 0. The van der Waals surface area contributed by atoms with E-state index in [4.69, 9.17) is 16.1 Å². The highest BCUT2D eigenvalue weighted by atomic mass is 35.5. The predicted molar refractivity (Wildman–Crippen MR) is 89.9 cm³/mol. The van der Waals surface area contributed by atoms with Gasteiger partial charge in [0.05, 0.1) is 18.6 Å². The van der Waals surface area contributed by atoms with Gasteiger partial charge in [0, 0.05) is 17.0 Å². The molecule has 1 saturated heterocycles. The van der Waals surface area contributed by atoms with E-state index in [1.165, 1.54) is 0 Å². The third-order valence-electron chi connectivity index (χ3n) is 3.71. The second-order valence-corrected chi connectivity index (χ2v) is 6.12. The SMILES string of the molecule is CC(NC(=O)C1CC(F)(F)CN1)c1noc(-c2ccc(Cl)cc2)n1.Cl. The van der Waals surface area contributed by atoms with Crippen molar-refractivity contribution in [2.24, 2.45) is 0 Å². The number of hydrogen-bond acceptors (Lipinski definition) is 5. The molecule has 1 aliphatic heterocycles. The van der Waals surface area contributed by atoms with E-state index < -0.39 is 36.9 Å². The lowest BCUT2D eigenvalue weighted by molar-refractivity contribution is -0.124. The number of hydrogen-bond donors (Lipinski definition) is 2. The molecule has 1 aliphatic rings. The smallest absolute Gasteiger partial charge is 0.262 e. The van der Waals surface area contributed by atoms with Crippen molar-refractivity contribution in [3.63, 3.8) is 0 Å². The minimum Gasteiger partial charge on any atom is -0.345 e. The van der Waals surface area contributed by atoms with Crippen LogP contribution in [0.25, 0.3) is 11.5 Å². The van der Waals surface area contributed by atoms with Gasteiger partial charge in [-0.15, -0.1) is 12.4 Å². The maximum Gasteiger partial charge on any atom is 0.262 e. The topological polar surface area (TPSA) is 80.0 Å². The molecule has 0 spiro atoms. The molecule has 1 aromatic heterocycles. The lowest BCUT2D eigenvalue weighted by atomic mass is 10.1. The summed E-state index contributed by atoms with van der Waals surface area (Å²) in [6.07, 6.45) is -0.520. The van der Waals surface area contributed by atoms with E-state index in [2.05, 4.69) is 20.8 Å². The minimum absolute atomic E-state index is 0. The molecule has 136 valence electrons. The summed E-state index contributed by atoms with van der Waals surface area (Å²) in [6.45, 7) is 1.16. The van der Waals surface area contributed by atoms with Gasteiger partial charge in [0.25, 0.3) is 11.8 Å². The lowest BCUT2D eigenvalue weighted by Crippen LogP contribution is -2.41. The molecule has 2 unspecified atom stereocenters. The highest BCUT2D eigenvalue weighted by Crippen LogP contribution is 2.26. The molecule has 2 aromatic rings. The largest absolute Gasteiger partial charge is 0.345 e. The van der Waals surface area contributed by atoms with E-state index in [0.717, 1.165) is 0 Å². The normalized spacial score (nSPS) is 19.9. The summed E-state index contributed by atoms with van der Waals surface area (Å²) >= 11 is 5.82. The molecular weight excluding hydrogens is 377 g/mol. The predicted octanol–water partition coefficient (Wildman–Crippen LogP) is 2.99. The molecule has 0 aliphatic carbocycles. The summed E-state index contributed by atoms with van der Waals surface area (Å²) in [6, 6.07) is 5.35. The van der Waals surface area contributed by atoms with Gasteiger partial charge < -0.3 is 9.84 Å². The molecule has 1 amide bonds. The Labute approximate surface area is 153 Å². The number of benzene rings is 1. The first-order valence-corrected chi connectivity index (χ1v) is 7.73. The Morgan fingerprint density at radius 3 is 2.72 bits per heavy atom. The average molecular weight is 393 g/mol. The monoisotopic (exact) mass is 392 g/mol. The van der Waals surface area contributed by atoms with Crippen molar-refractivity contribution < 1.29 is 18.1 Å². The van der Waals surface area contributed by atoms with E-state index >= 15 is 0 Å². The van der Waals surface area contributed by atoms with Gasteiger partial charge in [-0.05, 0) is 31.2 Å². The van der Waals surface area contributed by atoms with Gasteiger partial charge >= 0.3 is 0 Å². The fourth-order valence-electron chi connectivity index (χ4n) is 2.40. The van der Waals surface area contributed by atoms with Crippen molar-refractivity contribution in [1.82, 2.24) is 20.8 Å². The zero-order valence-corrected chi connectivity index (χ0v) is 14.7. The Hall–Kier alpha value is -1.77. The highest BCUT2D eigenvalue weighted by molar-refractivity contribution is 6.30. The van der Waals surface area contributed by atoms with Gasteiger partial charge in [-0.2, -0.15) is 4.98 Å². The molecule has 1 fully saturated rings. The van der Waals surface area contributed by atoms with Crippen molar-refractivity contribution in [3.05, 3.63) is 35.1 Å². The number of amides is 1. The maximum absolute atomic E-state index is 13.1. The van der Waals surface area contributed by atoms with Crippen molar-refractivity contribution in [2.45, 2.75) is 31.4 Å². The van der Waals surface area contributed by atoms with E-state index in [-0.39, 0.29) is 24.1 Å². The van der Waals surface area contributed by atoms with Crippen LogP contribution in [0.4, 0.5) is 8.78 Å². The number of aromatic nitrogens is 2. The van der Waals surface area contributed by atoms with Crippen LogP contribution in [0.3, 0.4) is 0 Å². The molecule has 2 N–H and O–H groups in total. The zero-order valence-electron chi connectivity index (χ0n) is 13.1. The minimum atomic E-state index is -2.86. The number of carbonyl (C=O) groups is 1. The summed E-state index contributed by atoms with van der Waals surface area (Å²) in [5.41, 5.74) is 0.689. The van der Waals surface area contributed by atoms with Crippen LogP contribution in [0, 0.1) is 0 Å². The van der Waals surface area contributed by atoms with Crippen molar-refractivity contribution in [3.8, 4) is 11.5 Å². The quantitative estimate of drug-likeness (QED) is 0.835. The van der Waals surface area contributed by atoms with Crippen molar-refractivity contribution in [1.29, 1.82) is 0 Å². The molecule has 0 bridgehead atoms. The molecule has 1 aromatic carbocycles. The van der Waals surface area contributed by atoms with Crippen LogP contribution in [-0.4, -0.2) is 34.6 Å². The number of alkyl halides is 2. The standard InChI is InChI=1S/C15H15ClF2N4O2.ClH/c1-8(20-13(23)11-6-15(17,18)7-19-11)12-21-14(24-22-12)9-2-4-10(16)5-3-9;/h2-5,8,11,19H,6-7H2,1H3,(H,20,23);1H. The van der Waals surface area contributed by atoms with E-state index in [9.17, 15) is 13.6 Å². The number of carbonyl (C=O) groups excluding carboxylic acids is 1. The van der Waals surface area contributed by atoms with Gasteiger partial charge in [-0.25, -0.2) is 8.78 Å². The summed E-state index contributed by atoms with van der Waals surface area (Å²) in [5, 5.41) is 9.51. The highest BCUT2D eigenvalue weighted by Gasteiger charge is 2.42. The number of halogens is 4. The van der Waals surface area contributed by atoms with E-state index in [0.29, 0.717) is 10.6 Å². The fourth-order valence-corrected chi connectivity index (χ4v) is 2.53. The van der Waals surface area contributed by atoms with Crippen LogP contribution in [0.1, 0.15) is 25.2 Å². The van der Waals surface area contributed by atoms with Gasteiger partial charge in [0.15, 0.2) is 5.82 Å². The molecule has 0 radical (unpaired) electrons. The fraction of sp³-hybridized carbons (Fsp3) is 0.400. The molecule has 2 heterocycles. The molecule has 2 atom stereocenters. The Morgan fingerprint density at radius 1 is 1.44 bits per heavy atom. The van der Waals surface area contributed by atoms with Crippen LogP contribution >= 0.6 is 24.0 Å². The molecule has 3 rings (SSSR count).